The standard InChI is InChI=1S/C9H12ClNO4S3/c10-6-8-5-9(16-7-8)18(14,15)11-1-3-17(12,13)4-2-11/h5,7H,1-4,6H2. The minimum atomic E-state index is -3.57. The molecule has 9 heteroatoms. The van der Waals surface area contributed by atoms with Crippen LogP contribution in [0.4, 0.5) is 0 Å². The number of sulfone groups is 1. The van der Waals surface area contributed by atoms with Gasteiger partial charge in [0.25, 0.3) is 10.0 Å². The summed E-state index contributed by atoms with van der Waals surface area (Å²) in [5, 5.41) is 1.70. The predicted octanol–water partition coefficient (Wildman–Crippen LogP) is 0.906. The summed E-state index contributed by atoms with van der Waals surface area (Å²) in [5.74, 6) is 0.0420. The zero-order chi connectivity index (χ0) is 13.4. The molecule has 0 amide bonds. The molecule has 1 aromatic rings. The van der Waals surface area contributed by atoms with E-state index < -0.39 is 19.9 Å². The van der Waals surface area contributed by atoms with E-state index >= 15 is 0 Å². The highest BCUT2D eigenvalue weighted by Gasteiger charge is 2.31. The van der Waals surface area contributed by atoms with Gasteiger partial charge in [0.1, 0.15) is 4.21 Å². The fourth-order valence-electron chi connectivity index (χ4n) is 1.62. The molecule has 0 N–H and O–H groups in total. The van der Waals surface area contributed by atoms with E-state index in [-0.39, 0.29) is 34.7 Å². The van der Waals surface area contributed by atoms with Crippen LogP contribution in [0.3, 0.4) is 0 Å². The van der Waals surface area contributed by atoms with E-state index in [0.717, 1.165) is 16.9 Å². The lowest BCUT2D eigenvalue weighted by molar-refractivity contribution is 0.432. The molecule has 0 radical (unpaired) electrons. The number of hydrogen-bond donors (Lipinski definition) is 0. The summed E-state index contributed by atoms with van der Waals surface area (Å²) in [6.07, 6.45) is 0. The molecule has 0 atom stereocenters. The topological polar surface area (TPSA) is 71.5 Å². The minimum absolute atomic E-state index is 0.0266. The quantitative estimate of drug-likeness (QED) is 0.773. The third-order valence-corrected chi connectivity index (χ3v) is 7.96. The lowest BCUT2D eigenvalue weighted by Crippen LogP contribution is -2.43. The second-order valence-corrected chi connectivity index (χ2v) is 9.61. The summed E-state index contributed by atoms with van der Waals surface area (Å²) in [5.41, 5.74) is 0.755. The molecule has 1 aliphatic rings. The van der Waals surface area contributed by atoms with Crippen molar-refractivity contribution in [3.8, 4) is 0 Å². The first-order chi connectivity index (χ1) is 8.35. The van der Waals surface area contributed by atoms with Crippen molar-refractivity contribution < 1.29 is 16.8 Å². The second-order valence-electron chi connectivity index (χ2n) is 3.96. The van der Waals surface area contributed by atoms with Crippen LogP contribution in [-0.4, -0.2) is 45.7 Å². The molecule has 1 saturated heterocycles. The third-order valence-electron chi connectivity index (χ3n) is 2.68. The molecule has 102 valence electrons. The van der Waals surface area contributed by atoms with Crippen molar-refractivity contribution >= 4 is 42.8 Å². The van der Waals surface area contributed by atoms with Gasteiger partial charge in [-0.3, -0.25) is 0 Å². The molecule has 5 nitrogen and oxygen atoms in total. The predicted molar refractivity (Wildman–Crippen MR) is 71.3 cm³/mol. The molecule has 2 rings (SSSR count). The zero-order valence-corrected chi connectivity index (χ0v) is 12.6. The van der Waals surface area contributed by atoms with Gasteiger partial charge in [0.2, 0.25) is 0 Å². The van der Waals surface area contributed by atoms with Crippen LogP contribution in [-0.2, 0) is 25.7 Å². The number of thiophene rings is 1. The van der Waals surface area contributed by atoms with Crippen LogP contribution in [0.15, 0.2) is 15.7 Å². The molecule has 1 aromatic heterocycles. The van der Waals surface area contributed by atoms with Gasteiger partial charge in [-0.25, -0.2) is 16.8 Å². The van der Waals surface area contributed by atoms with Crippen LogP contribution in [0.2, 0.25) is 0 Å². The molecule has 0 unspecified atom stereocenters. The number of sulfonamides is 1. The Labute approximate surface area is 115 Å². The van der Waals surface area contributed by atoms with Crippen LogP contribution in [0.1, 0.15) is 5.56 Å². The van der Waals surface area contributed by atoms with Crippen molar-refractivity contribution in [3.05, 3.63) is 17.0 Å². The van der Waals surface area contributed by atoms with E-state index in [0.29, 0.717) is 0 Å². The van der Waals surface area contributed by atoms with Crippen molar-refractivity contribution in [3.63, 3.8) is 0 Å². The number of halogens is 1. The van der Waals surface area contributed by atoms with E-state index in [1.807, 2.05) is 0 Å². The SMILES string of the molecule is O=S1(=O)CCN(S(=O)(=O)c2cc(CCl)cs2)CC1. The van der Waals surface area contributed by atoms with Crippen LogP contribution >= 0.6 is 22.9 Å². The van der Waals surface area contributed by atoms with Crippen LogP contribution in [0.5, 0.6) is 0 Å². The Hall–Kier alpha value is -0.150. The van der Waals surface area contributed by atoms with Crippen molar-refractivity contribution in [1.82, 2.24) is 4.31 Å². The Balaban J connectivity index is 2.22. The van der Waals surface area contributed by atoms with E-state index in [4.69, 9.17) is 11.6 Å². The summed E-state index contributed by atoms with van der Waals surface area (Å²) >= 11 is 6.74. The molecule has 18 heavy (non-hydrogen) atoms. The summed E-state index contributed by atoms with van der Waals surface area (Å²) in [6.45, 7) is 0.0531. The molecule has 0 saturated carbocycles. The minimum Gasteiger partial charge on any atom is -0.229 e. The smallest absolute Gasteiger partial charge is 0.229 e. The maximum atomic E-state index is 12.2. The summed E-state index contributed by atoms with van der Waals surface area (Å²) < 4.78 is 48.4. The Bertz CT molecular complexity index is 621. The average molecular weight is 330 g/mol. The Morgan fingerprint density at radius 3 is 2.44 bits per heavy atom. The molecule has 1 aliphatic heterocycles. The number of nitrogens with zero attached hydrogens (tertiary/aromatic N) is 1. The van der Waals surface area contributed by atoms with E-state index in [1.54, 1.807) is 5.38 Å². The molecule has 2 heterocycles. The van der Waals surface area contributed by atoms with Gasteiger partial charge in [-0.15, -0.1) is 22.9 Å². The van der Waals surface area contributed by atoms with Gasteiger partial charge < -0.3 is 0 Å². The summed E-state index contributed by atoms with van der Waals surface area (Å²) in [6, 6.07) is 1.54. The lowest BCUT2D eigenvalue weighted by atomic mass is 10.4. The van der Waals surface area contributed by atoms with Gasteiger partial charge in [-0.05, 0) is 17.0 Å². The van der Waals surface area contributed by atoms with Crippen LogP contribution in [0, 0.1) is 0 Å². The first-order valence-corrected chi connectivity index (χ1v) is 9.87. The average Bonchev–Trinajstić information content (AvgIpc) is 2.77. The first-order valence-electron chi connectivity index (χ1n) is 5.19. The molecule has 0 spiro atoms. The van der Waals surface area contributed by atoms with Crippen LogP contribution in [0.25, 0.3) is 0 Å². The summed E-state index contributed by atoms with van der Waals surface area (Å²) in [4.78, 5) is 0. The zero-order valence-electron chi connectivity index (χ0n) is 9.37. The van der Waals surface area contributed by atoms with E-state index in [9.17, 15) is 16.8 Å². The monoisotopic (exact) mass is 329 g/mol. The third kappa shape index (κ3) is 2.88. The highest BCUT2D eigenvalue weighted by atomic mass is 35.5. The van der Waals surface area contributed by atoms with Gasteiger partial charge in [0.15, 0.2) is 9.84 Å². The first kappa shape index (κ1) is 14.3. The van der Waals surface area contributed by atoms with Gasteiger partial charge >= 0.3 is 0 Å². The Morgan fingerprint density at radius 1 is 1.33 bits per heavy atom. The lowest BCUT2D eigenvalue weighted by Gasteiger charge is -2.25. The van der Waals surface area contributed by atoms with Crippen molar-refractivity contribution in [2.75, 3.05) is 24.6 Å². The fraction of sp³-hybridized carbons (Fsp3) is 0.556. The van der Waals surface area contributed by atoms with E-state index in [2.05, 4.69) is 0 Å². The van der Waals surface area contributed by atoms with Gasteiger partial charge in [-0.2, -0.15) is 4.31 Å². The fourth-order valence-corrected chi connectivity index (χ4v) is 6.10. The maximum absolute atomic E-state index is 12.2. The van der Waals surface area contributed by atoms with Crippen LogP contribution < -0.4 is 0 Å². The molecule has 0 aliphatic carbocycles. The highest BCUT2D eigenvalue weighted by molar-refractivity contribution is 7.92. The number of alkyl halides is 1. The van der Waals surface area contributed by atoms with Gasteiger partial charge in [0, 0.05) is 19.0 Å². The maximum Gasteiger partial charge on any atom is 0.252 e. The molecule has 1 fully saturated rings. The number of rotatable bonds is 3. The molecular formula is C9H12ClNO4S3. The van der Waals surface area contributed by atoms with Gasteiger partial charge in [0.05, 0.1) is 11.5 Å². The van der Waals surface area contributed by atoms with E-state index in [1.165, 1.54) is 10.4 Å². The second kappa shape index (κ2) is 5.09. The van der Waals surface area contributed by atoms with Crippen molar-refractivity contribution in [2.24, 2.45) is 0 Å². The summed E-state index contributed by atoms with van der Waals surface area (Å²) in [7, 11) is -6.65. The molecule has 0 bridgehead atoms. The largest absolute Gasteiger partial charge is 0.252 e. The molecular weight excluding hydrogens is 318 g/mol. The van der Waals surface area contributed by atoms with Gasteiger partial charge in [-0.1, -0.05) is 0 Å². The Kier molecular flexibility index (Phi) is 4.03. The normalized spacial score (nSPS) is 20.9. The van der Waals surface area contributed by atoms with Crippen molar-refractivity contribution in [1.29, 1.82) is 0 Å². The molecule has 0 aromatic carbocycles. The number of hydrogen-bond acceptors (Lipinski definition) is 5. The Morgan fingerprint density at radius 2 is 1.94 bits per heavy atom. The van der Waals surface area contributed by atoms with Crippen molar-refractivity contribution in [2.45, 2.75) is 10.1 Å². The highest BCUT2D eigenvalue weighted by Crippen LogP contribution is 2.25.